The lowest BCUT2D eigenvalue weighted by atomic mass is 9.85. The van der Waals surface area contributed by atoms with Crippen LogP contribution in [0.2, 0.25) is 5.02 Å². The Morgan fingerprint density at radius 1 is 1.00 bits per heavy atom. The van der Waals surface area contributed by atoms with Crippen LogP contribution >= 0.6 is 23.4 Å². The van der Waals surface area contributed by atoms with Crippen molar-refractivity contribution in [2.24, 2.45) is 10.9 Å². The number of nitrogens with zero attached hydrogens (tertiary/aromatic N) is 2. The molecule has 2 fully saturated rings. The summed E-state index contributed by atoms with van der Waals surface area (Å²) in [5, 5.41) is 1.42. The summed E-state index contributed by atoms with van der Waals surface area (Å²) >= 11 is 7.74. The van der Waals surface area contributed by atoms with Gasteiger partial charge in [0.25, 0.3) is 5.91 Å². The minimum atomic E-state index is 0.0189. The molecule has 3 aromatic carbocycles. The number of hydrogen-bond acceptors (Lipinski definition) is 5. The maximum absolute atomic E-state index is 13.8. The smallest absolute Gasteiger partial charge is 0.267 e. The first-order valence-electron chi connectivity index (χ1n) is 13.5. The number of benzene rings is 3. The zero-order chi connectivity index (χ0) is 27.2. The molecule has 202 valence electrons. The summed E-state index contributed by atoms with van der Waals surface area (Å²) in [5.74, 6) is 1.71. The molecule has 1 amide bonds. The van der Waals surface area contributed by atoms with Crippen LogP contribution in [0, 0.1) is 5.92 Å². The molecule has 2 atom stereocenters. The Balaban J connectivity index is 1.43. The van der Waals surface area contributed by atoms with E-state index < -0.39 is 0 Å². The maximum atomic E-state index is 13.8. The second kappa shape index (κ2) is 12.8. The fourth-order valence-corrected chi connectivity index (χ4v) is 6.31. The predicted molar refractivity (Wildman–Crippen MR) is 161 cm³/mol. The average molecular weight is 561 g/mol. The van der Waals surface area contributed by atoms with Crippen molar-refractivity contribution in [3.8, 4) is 11.5 Å². The highest BCUT2D eigenvalue weighted by atomic mass is 35.5. The van der Waals surface area contributed by atoms with E-state index in [-0.39, 0.29) is 11.9 Å². The van der Waals surface area contributed by atoms with Crippen LogP contribution in [-0.4, -0.2) is 28.6 Å². The number of hydrogen-bond donors (Lipinski definition) is 0. The van der Waals surface area contributed by atoms with E-state index in [2.05, 4.69) is 6.92 Å². The second-order valence-corrected chi connectivity index (χ2v) is 11.3. The summed E-state index contributed by atoms with van der Waals surface area (Å²) < 4.78 is 12.0. The van der Waals surface area contributed by atoms with Gasteiger partial charge < -0.3 is 9.47 Å². The van der Waals surface area contributed by atoms with Gasteiger partial charge in [-0.3, -0.25) is 9.69 Å². The minimum Gasteiger partial charge on any atom is -0.490 e. The Bertz CT molecular complexity index is 1370. The number of rotatable bonds is 8. The molecule has 1 saturated carbocycles. The van der Waals surface area contributed by atoms with E-state index in [4.69, 9.17) is 26.1 Å². The van der Waals surface area contributed by atoms with E-state index >= 15 is 0 Å². The van der Waals surface area contributed by atoms with Gasteiger partial charge in [0.2, 0.25) is 0 Å². The molecule has 0 unspecified atom stereocenters. The van der Waals surface area contributed by atoms with Crippen molar-refractivity contribution >= 4 is 46.2 Å². The minimum absolute atomic E-state index is 0.0189. The molecule has 5 nitrogen and oxygen atoms in total. The molecule has 0 radical (unpaired) electrons. The molecule has 2 aliphatic rings. The summed E-state index contributed by atoms with van der Waals surface area (Å²) in [4.78, 5) is 21.3. The molecule has 1 aliphatic heterocycles. The molecular weight excluding hydrogens is 528 g/mol. The molecule has 1 heterocycles. The molecule has 1 saturated heterocycles. The maximum Gasteiger partial charge on any atom is 0.267 e. The van der Waals surface area contributed by atoms with Crippen molar-refractivity contribution < 1.29 is 14.3 Å². The quantitative estimate of drug-likeness (QED) is 0.259. The normalized spacial score (nSPS) is 21.5. The van der Waals surface area contributed by atoms with Crippen molar-refractivity contribution in [1.29, 1.82) is 0 Å². The third-order valence-electron chi connectivity index (χ3n) is 7.12. The Kier molecular flexibility index (Phi) is 8.95. The zero-order valence-corrected chi connectivity index (χ0v) is 23.9. The molecule has 39 heavy (non-hydrogen) atoms. The van der Waals surface area contributed by atoms with Gasteiger partial charge in [0.05, 0.1) is 17.2 Å². The topological polar surface area (TPSA) is 51.1 Å². The van der Waals surface area contributed by atoms with E-state index in [0.717, 1.165) is 41.2 Å². The van der Waals surface area contributed by atoms with Gasteiger partial charge in [-0.2, -0.15) is 0 Å². The second-order valence-electron chi connectivity index (χ2n) is 9.86. The van der Waals surface area contributed by atoms with Crippen molar-refractivity contribution in [2.45, 2.75) is 52.2 Å². The van der Waals surface area contributed by atoms with Gasteiger partial charge in [0, 0.05) is 16.6 Å². The number of para-hydroxylation sites is 1. The van der Waals surface area contributed by atoms with Crippen LogP contribution < -0.4 is 9.47 Å². The molecule has 3 aromatic rings. The number of amidine groups is 1. The molecular formula is C32H33ClN2O3S. The lowest BCUT2D eigenvalue weighted by Crippen LogP contribution is -2.44. The van der Waals surface area contributed by atoms with E-state index in [0.29, 0.717) is 40.6 Å². The van der Waals surface area contributed by atoms with Crippen molar-refractivity contribution in [2.75, 3.05) is 6.61 Å². The predicted octanol–water partition coefficient (Wildman–Crippen LogP) is 8.50. The van der Waals surface area contributed by atoms with Crippen LogP contribution in [0.4, 0.5) is 5.69 Å². The van der Waals surface area contributed by atoms with Crippen LogP contribution in [-0.2, 0) is 11.4 Å². The summed E-state index contributed by atoms with van der Waals surface area (Å²) in [6.45, 7) is 5.02. The van der Waals surface area contributed by atoms with Crippen LogP contribution in [0.5, 0.6) is 11.5 Å². The van der Waals surface area contributed by atoms with Gasteiger partial charge in [-0.15, -0.1) is 0 Å². The zero-order valence-electron chi connectivity index (χ0n) is 22.3. The Labute approximate surface area is 239 Å². The molecule has 5 rings (SSSR count). The van der Waals surface area contributed by atoms with Crippen LogP contribution in [0.25, 0.3) is 6.08 Å². The fourth-order valence-electron chi connectivity index (χ4n) is 5.07. The van der Waals surface area contributed by atoms with Crippen LogP contribution in [0.1, 0.15) is 50.7 Å². The molecule has 0 aromatic heterocycles. The number of aliphatic imine (C=N–C) groups is 1. The largest absolute Gasteiger partial charge is 0.490 e. The molecule has 1 aliphatic carbocycles. The van der Waals surface area contributed by atoms with Crippen LogP contribution in [0.15, 0.2) is 82.7 Å². The lowest BCUT2D eigenvalue weighted by molar-refractivity contribution is -0.124. The standard InChI is InChI=1S/C32H33ClN2O3S/c1-3-37-29-19-23(17-18-28(29)38-21-24-12-8-9-15-26(24)33)20-30-31(36)35(27-16-10-7-11-22(27)2)32(39-30)34-25-13-5-4-6-14-25/h4-6,8-9,12-15,17-20,22,27H,3,7,10-11,16,21H2,1-2H3/b30-20-,34-32?/t22-,27+/m0/s1. The molecule has 0 N–H and O–H groups in total. The van der Waals surface area contributed by atoms with Gasteiger partial charge in [0.15, 0.2) is 16.7 Å². The van der Waals surface area contributed by atoms with Gasteiger partial charge in [-0.05, 0) is 79.4 Å². The van der Waals surface area contributed by atoms with E-state index in [1.165, 1.54) is 18.2 Å². The highest BCUT2D eigenvalue weighted by Gasteiger charge is 2.41. The number of thioether (sulfide) groups is 1. The van der Waals surface area contributed by atoms with E-state index in [9.17, 15) is 4.79 Å². The fraction of sp³-hybridized carbons (Fsp3) is 0.312. The first-order chi connectivity index (χ1) is 19.0. The number of halogens is 1. The number of ether oxygens (including phenoxy) is 2. The number of carbonyl (C=O) groups is 1. The van der Waals surface area contributed by atoms with Gasteiger partial charge in [-0.1, -0.05) is 73.8 Å². The van der Waals surface area contributed by atoms with Gasteiger partial charge in [0.1, 0.15) is 6.61 Å². The summed E-state index contributed by atoms with van der Waals surface area (Å²) in [6, 6.07) is 23.4. The monoisotopic (exact) mass is 560 g/mol. The SMILES string of the molecule is CCOc1cc(/C=C2\SC(=Nc3ccccc3)N([C@@H]3CCCC[C@@H]3C)C2=O)ccc1OCc1ccccc1Cl. The summed E-state index contributed by atoms with van der Waals surface area (Å²) in [6.07, 6.45) is 6.41. The van der Waals surface area contributed by atoms with E-state index in [1.54, 1.807) is 0 Å². The van der Waals surface area contributed by atoms with Gasteiger partial charge in [-0.25, -0.2) is 4.99 Å². The molecule has 7 heteroatoms. The first kappa shape index (κ1) is 27.4. The first-order valence-corrected chi connectivity index (χ1v) is 14.7. The highest BCUT2D eigenvalue weighted by Crippen LogP contribution is 2.41. The molecule has 0 bridgehead atoms. The number of amides is 1. The third kappa shape index (κ3) is 6.51. The summed E-state index contributed by atoms with van der Waals surface area (Å²) in [7, 11) is 0. The summed E-state index contributed by atoms with van der Waals surface area (Å²) in [5.41, 5.74) is 2.63. The van der Waals surface area contributed by atoms with Crippen LogP contribution in [0.3, 0.4) is 0 Å². The third-order valence-corrected chi connectivity index (χ3v) is 8.47. The van der Waals surface area contributed by atoms with E-state index in [1.807, 2.05) is 90.7 Å². The van der Waals surface area contributed by atoms with Crippen molar-refractivity contribution in [3.05, 3.63) is 93.9 Å². The van der Waals surface area contributed by atoms with Gasteiger partial charge >= 0.3 is 0 Å². The van der Waals surface area contributed by atoms with Crippen molar-refractivity contribution in [3.63, 3.8) is 0 Å². The lowest BCUT2D eigenvalue weighted by Gasteiger charge is -2.35. The van der Waals surface area contributed by atoms with Crippen molar-refractivity contribution in [1.82, 2.24) is 4.90 Å². The average Bonchev–Trinajstić information content (AvgIpc) is 3.24. The Hall–Kier alpha value is -3.22. The molecule has 0 spiro atoms. The highest BCUT2D eigenvalue weighted by molar-refractivity contribution is 8.18. The Morgan fingerprint density at radius 2 is 1.77 bits per heavy atom. The number of carbonyl (C=O) groups excluding carboxylic acids is 1. The Morgan fingerprint density at radius 3 is 2.54 bits per heavy atom.